The van der Waals surface area contributed by atoms with E-state index in [0.717, 1.165) is 16.9 Å². The summed E-state index contributed by atoms with van der Waals surface area (Å²) in [4.78, 5) is 4.53. The van der Waals surface area contributed by atoms with E-state index >= 15 is 0 Å². The number of hydrogen-bond donors (Lipinski definition) is 2. The van der Waals surface area contributed by atoms with Crippen molar-refractivity contribution in [2.24, 2.45) is 4.99 Å². The highest BCUT2D eigenvalue weighted by Gasteiger charge is 2.10. The minimum atomic E-state index is -3.19. The van der Waals surface area contributed by atoms with Crippen molar-refractivity contribution >= 4 is 15.8 Å². The van der Waals surface area contributed by atoms with Gasteiger partial charge in [0.1, 0.15) is 12.4 Å². The largest absolute Gasteiger partial charge is 0.492 e. The van der Waals surface area contributed by atoms with Crippen LogP contribution < -0.4 is 15.4 Å². The van der Waals surface area contributed by atoms with Crippen molar-refractivity contribution in [3.05, 3.63) is 59.7 Å². The molecule has 7 heteroatoms. The average molecular weight is 375 g/mol. The molecule has 0 spiro atoms. The van der Waals surface area contributed by atoms with Crippen LogP contribution in [0.4, 0.5) is 0 Å². The lowest BCUT2D eigenvalue weighted by Gasteiger charge is -2.13. The van der Waals surface area contributed by atoms with Crippen LogP contribution in [0, 0.1) is 6.92 Å². The van der Waals surface area contributed by atoms with Crippen LogP contribution in [0.3, 0.4) is 0 Å². The number of nitrogens with one attached hydrogen (secondary N) is 2. The summed E-state index contributed by atoms with van der Waals surface area (Å²) in [6, 6.07) is 15.0. The SMILES string of the molecule is CN=C(NCCOc1ccccc1)NCc1ccc(S(C)(=O)=O)c(C)c1. The molecule has 0 atom stereocenters. The maximum absolute atomic E-state index is 11.7. The molecule has 0 amide bonds. The van der Waals surface area contributed by atoms with E-state index in [1.807, 2.05) is 42.5 Å². The standard InChI is InChI=1S/C19H25N3O3S/c1-15-13-16(9-10-18(15)26(3,23)24)14-22-19(20-2)21-11-12-25-17-7-5-4-6-8-17/h4-10,13H,11-12,14H2,1-3H3,(H2,20,21,22). The van der Waals surface area contributed by atoms with Gasteiger partial charge in [-0.2, -0.15) is 0 Å². The normalized spacial score (nSPS) is 11.9. The number of sulfone groups is 1. The summed E-state index contributed by atoms with van der Waals surface area (Å²) in [5.41, 5.74) is 1.73. The molecule has 0 saturated carbocycles. The summed E-state index contributed by atoms with van der Waals surface area (Å²) in [6.07, 6.45) is 1.22. The third kappa shape index (κ3) is 6.07. The number of guanidine groups is 1. The lowest BCUT2D eigenvalue weighted by atomic mass is 10.1. The molecular formula is C19H25N3O3S. The molecule has 0 aliphatic carbocycles. The van der Waals surface area contributed by atoms with Gasteiger partial charge in [0.25, 0.3) is 0 Å². The number of para-hydroxylation sites is 1. The van der Waals surface area contributed by atoms with Crippen molar-refractivity contribution in [3.8, 4) is 5.75 Å². The van der Waals surface area contributed by atoms with Crippen LogP contribution in [-0.2, 0) is 16.4 Å². The summed E-state index contributed by atoms with van der Waals surface area (Å²) in [5, 5.41) is 6.38. The van der Waals surface area contributed by atoms with Gasteiger partial charge in [-0.25, -0.2) is 8.42 Å². The minimum absolute atomic E-state index is 0.363. The molecule has 0 aliphatic rings. The Bertz CT molecular complexity index is 850. The molecule has 0 radical (unpaired) electrons. The van der Waals surface area contributed by atoms with Gasteiger partial charge in [-0.05, 0) is 36.2 Å². The van der Waals surface area contributed by atoms with Gasteiger partial charge in [0.15, 0.2) is 15.8 Å². The Morgan fingerprint density at radius 2 is 1.85 bits per heavy atom. The van der Waals surface area contributed by atoms with Crippen molar-refractivity contribution < 1.29 is 13.2 Å². The van der Waals surface area contributed by atoms with Gasteiger partial charge in [0, 0.05) is 19.8 Å². The van der Waals surface area contributed by atoms with Gasteiger partial charge in [-0.3, -0.25) is 4.99 Å². The molecule has 26 heavy (non-hydrogen) atoms. The van der Waals surface area contributed by atoms with Gasteiger partial charge < -0.3 is 15.4 Å². The molecule has 0 bridgehead atoms. The number of aryl methyl sites for hydroxylation is 1. The molecule has 0 saturated heterocycles. The first kappa shape index (κ1) is 19.8. The van der Waals surface area contributed by atoms with Crippen molar-refractivity contribution in [1.82, 2.24) is 10.6 Å². The van der Waals surface area contributed by atoms with E-state index < -0.39 is 9.84 Å². The fourth-order valence-corrected chi connectivity index (χ4v) is 3.46. The lowest BCUT2D eigenvalue weighted by Crippen LogP contribution is -2.38. The topological polar surface area (TPSA) is 79.8 Å². The second kappa shape index (κ2) is 9.24. The predicted molar refractivity (Wildman–Crippen MR) is 104 cm³/mol. The summed E-state index contributed by atoms with van der Waals surface area (Å²) in [6.45, 7) is 3.48. The fourth-order valence-electron chi connectivity index (χ4n) is 2.50. The Balaban J connectivity index is 1.80. The molecule has 0 heterocycles. The van der Waals surface area contributed by atoms with Gasteiger partial charge >= 0.3 is 0 Å². The summed E-state index contributed by atoms with van der Waals surface area (Å²) in [7, 11) is -1.49. The second-order valence-corrected chi connectivity index (χ2v) is 7.87. The van der Waals surface area contributed by atoms with Crippen LogP contribution in [0.15, 0.2) is 58.4 Å². The molecule has 2 aromatic rings. The number of hydrogen-bond acceptors (Lipinski definition) is 4. The number of benzene rings is 2. The highest BCUT2D eigenvalue weighted by Crippen LogP contribution is 2.16. The highest BCUT2D eigenvalue weighted by molar-refractivity contribution is 7.90. The van der Waals surface area contributed by atoms with E-state index in [4.69, 9.17) is 4.74 Å². The molecular weight excluding hydrogens is 350 g/mol. The van der Waals surface area contributed by atoms with Gasteiger partial charge in [0.05, 0.1) is 11.4 Å². The van der Waals surface area contributed by atoms with Crippen LogP contribution in [0.1, 0.15) is 11.1 Å². The molecule has 0 unspecified atom stereocenters. The zero-order valence-electron chi connectivity index (χ0n) is 15.3. The van der Waals surface area contributed by atoms with Crippen molar-refractivity contribution in [1.29, 1.82) is 0 Å². The second-order valence-electron chi connectivity index (χ2n) is 5.89. The van der Waals surface area contributed by atoms with Crippen molar-refractivity contribution in [2.75, 3.05) is 26.5 Å². The van der Waals surface area contributed by atoms with Crippen molar-refractivity contribution in [2.45, 2.75) is 18.4 Å². The highest BCUT2D eigenvalue weighted by atomic mass is 32.2. The van der Waals surface area contributed by atoms with Crippen LogP contribution >= 0.6 is 0 Å². The number of nitrogens with zero attached hydrogens (tertiary/aromatic N) is 1. The minimum Gasteiger partial charge on any atom is -0.492 e. The third-order valence-corrected chi connectivity index (χ3v) is 4.99. The third-order valence-electron chi connectivity index (χ3n) is 3.73. The lowest BCUT2D eigenvalue weighted by molar-refractivity contribution is 0.322. The predicted octanol–water partition coefficient (Wildman–Crippen LogP) is 2.14. The Morgan fingerprint density at radius 3 is 2.46 bits per heavy atom. The molecule has 2 aromatic carbocycles. The Hall–Kier alpha value is -2.54. The van der Waals surface area contributed by atoms with E-state index in [2.05, 4.69) is 15.6 Å². The molecule has 2 N–H and O–H groups in total. The van der Waals surface area contributed by atoms with Crippen LogP contribution in [-0.4, -0.2) is 40.8 Å². The molecule has 6 nitrogen and oxygen atoms in total. The Kier molecular flexibility index (Phi) is 7.03. The van der Waals surface area contributed by atoms with E-state index in [0.29, 0.717) is 30.6 Å². The molecule has 0 aromatic heterocycles. The molecule has 140 valence electrons. The molecule has 2 rings (SSSR count). The Labute approximate surface area is 155 Å². The van der Waals surface area contributed by atoms with Crippen LogP contribution in [0.2, 0.25) is 0 Å². The van der Waals surface area contributed by atoms with Gasteiger partial charge in [-0.1, -0.05) is 30.3 Å². The van der Waals surface area contributed by atoms with Crippen LogP contribution in [0.25, 0.3) is 0 Å². The van der Waals surface area contributed by atoms with E-state index in [9.17, 15) is 8.42 Å². The first-order valence-corrected chi connectivity index (χ1v) is 10.2. The number of aliphatic imine (C=N–C) groups is 1. The van der Waals surface area contributed by atoms with E-state index in [1.165, 1.54) is 6.26 Å². The fraction of sp³-hybridized carbons (Fsp3) is 0.316. The Morgan fingerprint density at radius 1 is 1.12 bits per heavy atom. The summed E-state index contributed by atoms with van der Waals surface area (Å²) < 4.78 is 29.0. The summed E-state index contributed by atoms with van der Waals surface area (Å²) in [5.74, 6) is 1.49. The van der Waals surface area contributed by atoms with Gasteiger partial charge in [0.2, 0.25) is 0 Å². The zero-order valence-corrected chi connectivity index (χ0v) is 16.1. The smallest absolute Gasteiger partial charge is 0.191 e. The first-order valence-electron chi connectivity index (χ1n) is 8.32. The van der Waals surface area contributed by atoms with Gasteiger partial charge in [-0.15, -0.1) is 0 Å². The number of ether oxygens (including phenoxy) is 1. The summed E-state index contributed by atoms with van der Waals surface area (Å²) >= 11 is 0. The van der Waals surface area contributed by atoms with Crippen molar-refractivity contribution in [3.63, 3.8) is 0 Å². The van der Waals surface area contributed by atoms with E-state index in [-0.39, 0.29) is 0 Å². The first-order chi connectivity index (χ1) is 12.4. The number of rotatable bonds is 7. The van der Waals surface area contributed by atoms with E-state index in [1.54, 1.807) is 20.0 Å². The average Bonchev–Trinajstić information content (AvgIpc) is 2.61. The zero-order chi connectivity index (χ0) is 19.0. The maximum Gasteiger partial charge on any atom is 0.191 e. The maximum atomic E-state index is 11.7. The quantitative estimate of drug-likeness (QED) is 0.440. The monoisotopic (exact) mass is 375 g/mol. The van der Waals surface area contributed by atoms with Crippen LogP contribution in [0.5, 0.6) is 5.75 Å². The molecule has 0 aliphatic heterocycles. The molecule has 0 fully saturated rings.